The highest BCUT2D eigenvalue weighted by molar-refractivity contribution is 6.13. The van der Waals surface area contributed by atoms with Gasteiger partial charge in [0.1, 0.15) is 12.2 Å². The molecular weight excluding hydrogens is 282 g/mol. The van der Waals surface area contributed by atoms with E-state index in [2.05, 4.69) is 10.3 Å². The van der Waals surface area contributed by atoms with Gasteiger partial charge in [0.05, 0.1) is 6.20 Å². The molecule has 0 aliphatic heterocycles. The molecule has 2 aromatic rings. The molecule has 0 atom stereocenters. The standard InChI is InChI=1S/C16H15N3O3/c1-10-2-3-11-4-5-12(16(22)14(11)6-10)7-13-8-19(18-17-13)9-15(20)21/h2-3,6-8H,4-5,9H2,1H3,(H,20,21). The third-order valence-electron chi connectivity index (χ3n) is 3.64. The molecular formula is C16H15N3O3. The molecule has 0 saturated heterocycles. The maximum Gasteiger partial charge on any atom is 0.325 e. The Morgan fingerprint density at radius 3 is 3.00 bits per heavy atom. The van der Waals surface area contributed by atoms with Crippen LogP contribution >= 0.6 is 0 Å². The van der Waals surface area contributed by atoms with Gasteiger partial charge in [0.25, 0.3) is 0 Å². The maximum absolute atomic E-state index is 12.5. The first-order valence-electron chi connectivity index (χ1n) is 6.99. The van der Waals surface area contributed by atoms with E-state index in [1.807, 2.05) is 25.1 Å². The Kier molecular flexibility index (Phi) is 3.58. The first-order valence-corrected chi connectivity index (χ1v) is 6.99. The van der Waals surface area contributed by atoms with Crippen LogP contribution in [0.25, 0.3) is 6.08 Å². The Morgan fingerprint density at radius 1 is 1.41 bits per heavy atom. The number of aryl methyl sites for hydroxylation is 2. The Balaban J connectivity index is 1.88. The summed E-state index contributed by atoms with van der Waals surface area (Å²) in [5, 5.41) is 16.3. The van der Waals surface area contributed by atoms with E-state index < -0.39 is 5.97 Å². The van der Waals surface area contributed by atoms with Crippen LogP contribution < -0.4 is 0 Å². The fourth-order valence-electron chi connectivity index (χ4n) is 2.59. The van der Waals surface area contributed by atoms with Crippen molar-refractivity contribution >= 4 is 17.8 Å². The fraction of sp³-hybridized carbons (Fsp3) is 0.250. The van der Waals surface area contributed by atoms with Gasteiger partial charge in [-0.3, -0.25) is 9.59 Å². The molecule has 0 amide bonds. The number of carbonyl (C=O) groups is 2. The van der Waals surface area contributed by atoms with E-state index in [4.69, 9.17) is 5.11 Å². The van der Waals surface area contributed by atoms with Gasteiger partial charge in [-0.05, 0) is 37.5 Å². The van der Waals surface area contributed by atoms with E-state index in [0.717, 1.165) is 23.1 Å². The molecule has 1 heterocycles. The van der Waals surface area contributed by atoms with Crippen LogP contribution in [-0.4, -0.2) is 31.9 Å². The van der Waals surface area contributed by atoms with Crippen molar-refractivity contribution in [3.8, 4) is 0 Å². The minimum Gasteiger partial charge on any atom is -0.480 e. The lowest BCUT2D eigenvalue weighted by molar-refractivity contribution is -0.137. The molecule has 6 heteroatoms. The number of nitrogens with zero attached hydrogens (tertiary/aromatic N) is 3. The summed E-state index contributed by atoms with van der Waals surface area (Å²) in [5.41, 5.74) is 4.06. The van der Waals surface area contributed by atoms with Crippen molar-refractivity contribution in [1.82, 2.24) is 15.0 Å². The molecule has 0 radical (unpaired) electrons. The van der Waals surface area contributed by atoms with Crippen molar-refractivity contribution in [2.45, 2.75) is 26.3 Å². The van der Waals surface area contributed by atoms with E-state index >= 15 is 0 Å². The number of carboxylic acid groups (broad SMARTS) is 1. The Morgan fingerprint density at radius 2 is 2.23 bits per heavy atom. The number of fused-ring (bicyclic) bond motifs is 1. The Hall–Kier alpha value is -2.76. The number of hydrogen-bond acceptors (Lipinski definition) is 4. The van der Waals surface area contributed by atoms with Gasteiger partial charge in [-0.25, -0.2) is 4.68 Å². The number of benzene rings is 1. The zero-order valence-electron chi connectivity index (χ0n) is 12.1. The van der Waals surface area contributed by atoms with Crippen molar-refractivity contribution in [1.29, 1.82) is 0 Å². The number of aliphatic carboxylic acids is 1. The number of aromatic nitrogens is 3. The van der Waals surface area contributed by atoms with Gasteiger partial charge in [-0.2, -0.15) is 0 Å². The minimum atomic E-state index is -0.984. The van der Waals surface area contributed by atoms with E-state index in [1.165, 1.54) is 10.9 Å². The average Bonchev–Trinajstić information content (AvgIpc) is 2.89. The molecule has 0 fully saturated rings. The van der Waals surface area contributed by atoms with Crippen LogP contribution in [0.4, 0.5) is 0 Å². The number of hydrogen-bond donors (Lipinski definition) is 1. The monoisotopic (exact) mass is 297 g/mol. The summed E-state index contributed by atoms with van der Waals surface area (Å²) in [4.78, 5) is 23.2. The molecule has 1 aromatic heterocycles. The predicted molar refractivity (Wildman–Crippen MR) is 79.5 cm³/mol. The van der Waals surface area contributed by atoms with Crippen molar-refractivity contribution in [2.75, 3.05) is 0 Å². The van der Waals surface area contributed by atoms with Crippen molar-refractivity contribution in [3.05, 3.63) is 52.4 Å². The van der Waals surface area contributed by atoms with Crippen LogP contribution in [-0.2, 0) is 17.8 Å². The van der Waals surface area contributed by atoms with Crippen LogP contribution in [0.1, 0.15) is 33.6 Å². The summed E-state index contributed by atoms with van der Waals surface area (Å²) in [6.07, 6.45) is 4.69. The Labute approximate surface area is 127 Å². The molecule has 1 aliphatic rings. The van der Waals surface area contributed by atoms with Crippen molar-refractivity contribution in [3.63, 3.8) is 0 Å². The van der Waals surface area contributed by atoms with Gasteiger partial charge < -0.3 is 5.11 Å². The molecule has 0 unspecified atom stereocenters. The average molecular weight is 297 g/mol. The van der Waals surface area contributed by atoms with Gasteiger partial charge >= 0.3 is 5.97 Å². The van der Waals surface area contributed by atoms with Crippen molar-refractivity contribution in [2.24, 2.45) is 0 Å². The number of allylic oxidation sites excluding steroid dienone is 1. The van der Waals surface area contributed by atoms with Crippen LogP contribution in [0.15, 0.2) is 30.0 Å². The molecule has 3 rings (SSSR count). The van der Waals surface area contributed by atoms with E-state index in [1.54, 1.807) is 6.08 Å². The molecule has 112 valence electrons. The highest BCUT2D eigenvalue weighted by Crippen LogP contribution is 2.27. The lowest BCUT2D eigenvalue weighted by Crippen LogP contribution is -2.14. The molecule has 1 aromatic carbocycles. The highest BCUT2D eigenvalue weighted by atomic mass is 16.4. The van der Waals surface area contributed by atoms with Gasteiger partial charge in [0.15, 0.2) is 5.78 Å². The first-order chi connectivity index (χ1) is 10.5. The predicted octanol–water partition coefficient (Wildman–Crippen LogP) is 1.88. The molecule has 0 spiro atoms. The highest BCUT2D eigenvalue weighted by Gasteiger charge is 2.22. The molecule has 1 aliphatic carbocycles. The topological polar surface area (TPSA) is 85.1 Å². The smallest absolute Gasteiger partial charge is 0.325 e. The molecule has 22 heavy (non-hydrogen) atoms. The number of carbonyl (C=O) groups excluding carboxylic acids is 1. The summed E-state index contributed by atoms with van der Waals surface area (Å²) >= 11 is 0. The van der Waals surface area contributed by atoms with Crippen LogP contribution in [0.2, 0.25) is 0 Å². The number of ketones is 1. The molecule has 6 nitrogen and oxygen atoms in total. The first kappa shape index (κ1) is 14.2. The van der Waals surface area contributed by atoms with Gasteiger partial charge in [-0.15, -0.1) is 5.10 Å². The van der Waals surface area contributed by atoms with E-state index in [-0.39, 0.29) is 12.3 Å². The van der Waals surface area contributed by atoms with E-state index in [9.17, 15) is 9.59 Å². The summed E-state index contributed by atoms with van der Waals surface area (Å²) in [6.45, 7) is 1.72. The summed E-state index contributed by atoms with van der Waals surface area (Å²) < 4.78 is 1.24. The van der Waals surface area contributed by atoms with Crippen LogP contribution in [0.5, 0.6) is 0 Å². The quantitative estimate of drug-likeness (QED) is 0.874. The lowest BCUT2D eigenvalue weighted by atomic mass is 9.85. The molecule has 0 saturated carbocycles. The summed E-state index contributed by atoms with van der Waals surface area (Å²) in [5.74, 6) is -0.972. The maximum atomic E-state index is 12.5. The van der Waals surface area contributed by atoms with E-state index in [0.29, 0.717) is 17.7 Å². The minimum absolute atomic E-state index is 0.0118. The van der Waals surface area contributed by atoms with Crippen LogP contribution in [0.3, 0.4) is 0 Å². The second-order valence-electron chi connectivity index (χ2n) is 5.39. The van der Waals surface area contributed by atoms with Gasteiger partial charge in [-0.1, -0.05) is 22.9 Å². The van der Waals surface area contributed by atoms with Crippen molar-refractivity contribution < 1.29 is 14.7 Å². The number of rotatable bonds is 3. The second kappa shape index (κ2) is 5.55. The van der Waals surface area contributed by atoms with Gasteiger partial charge in [0, 0.05) is 11.1 Å². The summed E-state index contributed by atoms with van der Waals surface area (Å²) in [7, 11) is 0. The zero-order valence-corrected chi connectivity index (χ0v) is 12.1. The zero-order chi connectivity index (χ0) is 15.7. The van der Waals surface area contributed by atoms with Crippen LogP contribution in [0, 0.1) is 6.92 Å². The Bertz CT molecular complexity index is 790. The van der Waals surface area contributed by atoms with Gasteiger partial charge in [0.2, 0.25) is 0 Å². The molecule has 1 N–H and O–H groups in total. The third kappa shape index (κ3) is 2.81. The third-order valence-corrected chi connectivity index (χ3v) is 3.64. The fourth-order valence-corrected chi connectivity index (χ4v) is 2.59. The lowest BCUT2D eigenvalue weighted by Gasteiger charge is -2.17. The SMILES string of the molecule is Cc1ccc2c(c1)C(=O)C(=Cc1cn(CC(=O)O)nn1)CC2. The molecule has 0 bridgehead atoms. The second-order valence-corrected chi connectivity index (χ2v) is 5.39. The summed E-state index contributed by atoms with van der Waals surface area (Å²) in [6, 6.07) is 5.92. The number of carboxylic acids is 1. The normalized spacial score (nSPS) is 15.9. The largest absolute Gasteiger partial charge is 0.480 e. The number of Topliss-reactive ketones (excluding diaryl/α,β-unsaturated/α-hetero) is 1.